The lowest BCUT2D eigenvalue weighted by molar-refractivity contribution is 0.169. The first-order valence-corrected chi connectivity index (χ1v) is 11.6. The van der Waals surface area contributed by atoms with E-state index in [4.69, 9.17) is 9.53 Å². The standard InChI is InChI=1S/C18H38O2Si/c1-7-8-9-10-11-14-17(15-12-13-16-19)20-21(5,6)18(2,3)4/h12-13,17,19H,7-11,14-16H2,1-6H3/b13-12-/t17-/m1/s1. The van der Waals surface area contributed by atoms with Crippen LogP contribution < -0.4 is 0 Å². The fourth-order valence-electron chi connectivity index (χ4n) is 2.12. The molecule has 0 radical (unpaired) electrons. The zero-order chi connectivity index (χ0) is 16.4. The Morgan fingerprint density at radius 1 is 1.05 bits per heavy atom. The summed E-state index contributed by atoms with van der Waals surface area (Å²) in [6.07, 6.45) is 12.9. The third-order valence-electron chi connectivity index (χ3n) is 4.57. The van der Waals surface area contributed by atoms with Crippen LogP contribution in [-0.4, -0.2) is 26.1 Å². The molecule has 0 spiro atoms. The zero-order valence-electron chi connectivity index (χ0n) is 15.2. The molecule has 0 aromatic heterocycles. The Morgan fingerprint density at radius 2 is 1.67 bits per heavy atom. The van der Waals surface area contributed by atoms with Gasteiger partial charge in [0, 0.05) is 6.10 Å². The van der Waals surface area contributed by atoms with Crippen molar-refractivity contribution in [3.63, 3.8) is 0 Å². The van der Waals surface area contributed by atoms with Crippen LogP contribution in [0.2, 0.25) is 18.1 Å². The van der Waals surface area contributed by atoms with Crippen LogP contribution in [0.3, 0.4) is 0 Å². The zero-order valence-corrected chi connectivity index (χ0v) is 16.2. The van der Waals surface area contributed by atoms with E-state index in [2.05, 4.69) is 46.9 Å². The Balaban J connectivity index is 4.41. The van der Waals surface area contributed by atoms with E-state index in [1.165, 1.54) is 32.1 Å². The first kappa shape index (κ1) is 20.9. The lowest BCUT2D eigenvalue weighted by atomic mass is 10.1. The molecule has 0 saturated carbocycles. The van der Waals surface area contributed by atoms with Gasteiger partial charge in [-0.2, -0.15) is 0 Å². The van der Waals surface area contributed by atoms with Crippen LogP contribution in [0.1, 0.15) is 72.6 Å². The minimum Gasteiger partial charge on any atom is -0.414 e. The second-order valence-electron chi connectivity index (χ2n) is 7.59. The van der Waals surface area contributed by atoms with Gasteiger partial charge in [0.1, 0.15) is 0 Å². The van der Waals surface area contributed by atoms with Gasteiger partial charge in [0.2, 0.25) is 0 Å². The second-order valence-corrected chi connectivity index (χ2v) is 12.3. The molecule has 0 aromatic rings. The highest BCUT2D eigenvalue weighted by Gasteiger charge is 2.38. The van der Waals surface area contributed by atoms with E-state index in [1.807, 2.05) is 6.08 Å². The third-order valence-corrected chi connectivity index (χ3v) is 9.10. The van der Waals surface area contributed by atoms with E-state index in [1.54, 1.807) is 0 Å². The quantitative estimate of drug-likeness (QED) is 0.302. The highest BCUT2D eigenvalue weighted by Crippen LogP contribution is 2.38. The summed E-state index contributed by atoms with van der Waals surface area (Å²) in [6, 6.07) is 0. The number of aliphatic hydroxyl groups is 1. The molecule has 0 rings (SSSR count). The van der Waals surface area contributed by atoms with Crippen LogP contribution in [0, 0.1) is 0 Å². The summed E-state index contributed by atoms with van der Waals surface area (Å²) in [6.45, 7) is 13.9. The normalized spacial score (nSPS) is 14.8. The van der Waals surface area contributed by atoms with Crippen LogP contribution in [-0.2, 0) is 4.43 Å². The molecule has 3 heteroatoms. The van der Waals surface area contributed by atoms with E-state index in [0.717, 1.165) is 12.8 Å². The van der Waals surface area contributed by atoms with E-state index in [-0.39, 0.29) is 11.6 Å². The summed E-state index contributed by atoms with van der Waals surface area (Å²) in [5, 5.41) is 9.15. The number of hydrogen-bond acceptors (Lipinski definition) is 2. The minimum atomic E-state index is -1.70. The monoisotopic (exact) mass is 314 g/mol. The largest absolute Gasteiger partial charge is 0.414 e. The number of rotatable bonds is 11. The van der Waals surface area contributed by atoms with Gasteiger partial charge < -0.3 is 9.53 Å². The molecule has 2 nitrogen and oxygen atoms in total. The number of hydrogen-bond donors (Lipinski definition) is 1. The first-order chi connectivity index (χ1) is 9.74. The van der Waals surface area contributed by atoms with E-state index >= 15 is 0 Å². The predicted molar refractivity (Wildman–Crippen MR) is 96.3 cm³/mol. The molecule has 0 aromatic carbocycles. The molecule has 0 aliphatic carbocycles. The lowest BCUT2D eigenvalue weighted by Crippen LogP contribution is -2.43. The van der Waals surface area contributed by atoms with Crippen molar-refractivity contribution in [3.8, 4) is 0 Å². The van der Waals surface area contributed by atoms with Gasteiger partial charge in [-0.1, -0.05) is 72.0 Å². The second kappa shape index (κ2) is 10.6. The maximum Gasteiger partial charge on any atom is 0.192 e. The summed E-state index contributed by atoms with van der Waals surface area (Å²) in [7, 11) is -1.70. The highest BCUT2D eigenvalue weighted by molar-refractivity contribution is 6.74. The van der Waals surface area contributed by atoms with E-state index < -0.39 is 8.32 Å². The topological polar surface area (TPSA) is 29.5 Å². The summed E-state index contributed by atoms with van der Waals surface area (Å²) >= 11 is 0. The van der Waals surface area contributed by atoms with Gasteiger partial charge in [-0.05, 0) is 31.0 Å². The van der Waals surface area contributed by atoms with Crippen molar-refractivity contribution in [2.24, 2.45) is 0 Å². The number of unbranched alkanes of at least 4 members (excludes halogenated alkanes) is 4. The summed E-state index contributed by atoms with van der Waals surface area (Å²) in [5.74, 6) is 0. The predicted octanol–water partition coefficient (Wildman–Crippen LogP) is 5.68. The fourth-order valence-corrected chi connectivity index (χ4v) is 3.52. The van der Waals surface area contributed by atoms with Crippen LogP contribution in [0.4, 0.5) is 0 Å². The van der Waals surface area contributed by atoms with Gasteiger partial charge in [0.05, 0.1) is 6.61 Å². The van der Waals surface area contributed by atoms with Crippen LogP contribution >= 0.6 is 0 Å². The van der Waals surface area contributed by atoms with Crippen molar-refractivity contribution in [2.45, 2.75) is 96.9 Å². The Kier molecular flexibility index (Phi) is 10.5. The SMILES string of the molecule is CCCCCCC[C@H](C/C=C\CO)O[Si](C)(C)C(C)(C)C. The molecule has 1 N–H and O–H groups in total. The average Bonchev–Trinajstić information content (AvgIpc) is 2.36. The van der Waals surface area contributed by atoms with Gasteiger partial charge >= 0.3 is 0 Å². The van der Waals surface area contributed by atoms with Crippen LogP contribution in [0.15, 0.2) is 12.2 Å². The molecule has 0 bridgehead atoms. The maximum absolute atomic E-state index is 8.90. The molecule has 0 saturated heterocycles. The molecule has 1 atom stereocenters. The van der Waals surface area contributed by atoms with Crippen molar-refractivity contribution in [2.75, 3.05) is 6.61 Å². The van der Waals surface area contributed by atoms with Gasteiger partial charge in [-0.25, -0.2) is 0 Å². The van der Waals surface area contributed by atoms with Crippen molar-refractivity contribution in [1.29, 1.82) is 0 Å². The Hall–Kier alpha value is -0.123. The summed E-state index contributed by atoms with van der Waals surface area (Å²) in [4.78, 5) is 0. The smallest absolute Gasteiger partial charge is 0.192 e. The van der Waals surface area contributed by atoms with E-state index in [9.17, 15) is 0 Å². The van der Waals surface area contributed by atoms with Crippen molar-refractivity contribution in [1.82, 2.24) is 0 Å². The molecule has 21 heavy (non-hydrogen) atoms. The van der Waals surface area contributed by atoms with Crippen LogP contribution in [0.5, 0.6) is 0 Å². The molecule has 0 fully saturated rings. The minimum absolute atomic E-state index is 0.128. The van der Waals surface area contributed by atoms with Gasteiger partial charge in [0.15, 0.2) is 8.32 Å². The molecular formula is C18H38O2Si. The molecule has 0 aliphatic rings. The molecular weight excluding hydrogens is 276 g/mol. The average molecular weight is 315 g/mol. The van der Waals surface area contributed by atoms with E-state index in [0.29, 0.717) is 6.10 Å². The van der Waals surface area contributed by atoms with Crippen LogP contribution in [0.25, 0.3) is 0 Å². The Bertz CT molecular complexity index is 279. The first-order valence-electron chi connectivity index (χ1n) is 8.68. The molecule has 126 valence electrons. The number of aliphatic hydroxyl groups excluding tert-OH is 1. The fraction of sp³-hybridized carbons (Fsp3) is 0.889. The molecule has 0 aliphatic heterocycles. The Labute approximate surface area is 134 Å². The highest BCUT2D eigenvalue weighted by atomic mass is 28.4. The summed E-state index contributed by atoms with van der Waals surface area (Å²) < 4.78 is 6.56. The van der Waals surface area contributed by atoms with Crippen molar-refractivity contribution in [3.05, 3.63) is 12.2 Å². The van der Waals surface area contributed by atoms with Gasteiger partial charge in [-0.15, -0.1) is 0 Å². The van der Waals surface area contributed by atoms with Gasteiger partial charge in [-0.3, -0.25) is 0 Å². The molecule has 0 amide bonds. The Morgan fingerprint density at radius 3 is 2.19 bits per heavy atom. The molecule has 0 unspecified atom stereocenters. The van der Waals surface area contributed by atoms with Crippen molar-refractivity contribution >= 4 is 8.32 Å². The van der Waals surface area contributed by atoms with Gasteiger partial charge in [0.25, 0.3) is 0 Å². The lowest BCUT2D eigenvalue weighted by Gasteiger charge is -2.39. The summed E-state index contributed by atoms with van der Waals surface area (Å²) in [5.41, 5.74) is 0. The third kappa shape index (κ3) is 9.49. The maximum atomic E-state index is 8.90. The molecule has 0 heterocycles. The van der Waals surface area contributed by atoms with Crippen molar-refractivity contribution < 1.29 is 9.53 Å².